The number of carboxylic acid groups (broad SMARTS) is 1. The second-order valence-corrected chi connectivity index (χ2v) is 8.69. The van der Waals surface area contributed by atoms with E-state index in [4.69, 9.17) is 0 Å². The average Bonchev–Trinajstić information content (AvgIpc) is 3.32. The van der Waals surface area contributed by atoms with Crippen LogP contribution in [0.25, 0.3) is 10.4 Å². The highest BCUT2D eigenvalue weighted by Gasteiger charge is 2.24. The molecule has 2 amide bonds. The van der Waals surface area contributed by atoms with Crippen molar-refractivity contribution >= 4 is 40.4 Å². The molecule has 3 aromatic rings. The molecule has 0 aliphatic carbocycles. The lowest BCUT2D eigenvalue weighted by Gasteiger charge is -2.18. The highest BCUT2D eigenvalue weighted by Crippen LogP contribution is 2.36. The predicted octanol–water partition coefficient (Wildman–Crippen LogP) is 3.84. The van der Waals surface area contributed by atoms with Crippen molar-refractivity contribution in [2.45, 2.75) is 26.3 Å². The standard InChI is InChI=1S/C20H21N3O5S2/c1-10-6-15(12-4-5-29-9-12)30-18(10)13(8-16(25)26)21-20(28)22-17-14(24)7-11(2)23(3)19(17)27/h4-7,9,13,24H,8H2,1-3H3,(H,25,26)(H2,21,22,28). The van der Waals surface area contributed by atoms with E-state index in [2.05, 4.69) is 10.6 Å². The van der Waals surface area contributed by atoms with Crippen LogP contribution in [0, 0.1) is 13.8 Å². The van der Waals surface area contributed by atoms with Crippen LogP contribution in [-0.2, 0) is 11.8 Å². The van der Waals surface area contributed by atoms with E-state index in [1.807, 2.05) is 29.8 Å². The molecule has 1 atom stereocenters. The number of carbonyl (C=O) groups is 2. The number of urea groups is 1. The number of aryl methyl sites for hydroxylation is 2. The van der Waals surface area contributed by atoms with E-state index in [9.17, 15) is 24.6 Å². The fourth-order valence-corrected chi connectivity index (χ4v) is 4.95. The van der Waals surface area contributed by atoms with Gasteiger partial charge in [0.05, 0.1) is 12.5 Å². The van der Waals surface area contributed by atoms with E-state index in [0.29, 0.717) is 5.69 Å². The van der Waals surface area contributed by atoms with Crippen molar-refractivity contribution in [2.75, 3.05) is 5.32 Å². The molecule has 0 aromatic carbocycles. The minimum Gasteiger partial charge on any atom is -0.505 e. The molecule has 158 valence electrons. The summed E-state index contributed by atoms with van der Waals surface area (Å²) >= 11 is 2.97. The Kier molecular flexibility index (Phi) is 6.28. The van der Waals surface area contributed by atoms with Crippen molar-refractivity contribution in [1.82, 2.24) is 9.88 Å². The molecule has 0 aliphatic heterocycles. The smallest absolute Gasteiger partial charge is 0.320 e. The minimum atomic E-state index is -1.07. The number of anilines is 1. The van der Waals surface area contributed by atoms with Gasteiger partial charge in [-0.3, -0.25) is 9.59 Å². The first kappa shape index (κ1) is 21.6. The van der Waals surface area contributed by atoms with Gasteiger partial charge in [0.1, 0.15) is 5.75 Å². The third-order valence-corrected chi connectivity index (χ3v) is 6.73. The maximum absolute atomic E-state index is 12.6. The highest BCUT2D eigenvalue weighted by molar-refractivity contribution is 7.16. The zero-order valence-electron chi connectivity index (χ0n) is 16.6. The monoisotopic (exact) mass is 447 g/mol. The Morgan fingerprint density at radius 2 is 2.00 bits per heavy atom. The largest absolute Gasteiger partial charge is 0.505 e. The van der Waals surface area contributed by atoms with Crippen molar-refractivity contribution in [1.29, 1.82) is 0 Å². The molecule has 0 saturated heterocycles. The Labute approximate surface area is 180 Å². The van der Waals surface area contributed by atoms with Gasteiger partial charge in [-0.2, -0.15) is 11.3 Å². The van der Waals surface area contributed by atoms with Crippen LogP contribution in [0.4, 0.5) is 10.5 Å². The molecule has 0 radical (unpaired) electrons. The molecular weight excluding hydrogens is 426 g/mol. The summed E-state index contributed by atoms with van der Waals surface area (Å²) in [6.07, 6.45) is -0.324. The summed E-state index contributed by atoms with van der Waals surface area (Å²) < 4.78 is 1.29. The molecular formula is C20H21N3O5S2. The summed E-state index contributed by atoms with van der Waals surface area (Å²) in [6, 6.07) is 3.72. The number of carboxylic acids is 1. The fourth-order valence-electron chi connectivity index (χ4n) is 3.00. The molecule has 3 rings (SSSR count). The zero-order valence-corrected chi connectivity index (χ0v) is 18.2. The van der Waals surface area contributed by atoms with Crippen LogP contribution < -0.4 is 16.2 Å². The summed E-state index contributed by atoms with van der Waals surface area (Å²) in [5, 5.41) is 28.3. The van der Waals surface area contributed by atoms with Crippen LogP contribution in [0.1, 0.15) is 28.6 Å². The minimum absolute atomic E-state index is 0.267. The number of carbonyl (C=O) groups excluding carboxylic acids is 1. The van der Waals surface area contributed by atoms with Gasteiger partial charge in [-0.15, -0.1) is 11.3 Å². The van der Waals surface area contributed by atoms with Crippen LogP contribution in [0.2, 0.25) is 0 Å². The SMILES string of the molecule is Cc1cc(-c2ccsc2)sc1C(CC(=O)O)NC(=O)Nc1c(O)cc(C)n(C)c1=O. The molecule has 30 heavy (non-hydrogen) atoms. The molecule has 0 aliphatic rings. The number of thiophene rings is 2. The van der Waals surface area contributed by atoms with Crippen LogP contribution in [0.3, 0.4) is 0 Å². The van der Waals surface area contributed by atoms with Crippen LogP contribution in [0.15, 0.2) is 33.8 Å². The van der Waals surface area contributed by atoms with Crippen molar-refractivity contribution in [3.8, 4) is 16.2 Å². The molecule has 4 N–H and O–H groups in total. The van der Waals surface area contributed by atoms with Gasteiger partial charge in [0.25, 0.3) is 5.56 Å². The van der Waals surface area contributed by atoms with Gasteiger partial charge in [-0.05, 0) is 42.3 Å². The fraction of sp³-hybridized carbons (Fsp3) is 0.250. The van der Waals surface area contributed by atoms with Crippen LogP contribution in [0.5, 0.6) is 5.75 Å². The van der Waals surface area contributed by atoms with Crippen LogP contribution in [-0.4, -0.2) is 26.8 Å². The van der Waals surface area contributed by atoms with E-state index in [0.717, 1.165) is 20.9 Å². The summed E-state index contributed by atoms with van der Waals surface area (Å²) in [7, 11) is 1.52. The Balaban J connectivity index is 1.86. The lowest BCUT2D eigenvalue weighted by molar-refractivity contribution is -0.137. The summed E-state index contributed by atoms with van der Waals surface area (Å²) in [4.78, 5) is 38.0. The van der Waals surface area contributed by atoms with Gasteiger partial charge in [-0.1, -0.05) is 0 Å². The average molecular weight is 448 g/mol. The topological polar surface area (TPSA) is 121 Å². The van der Waals surface area contributed by atoms with Crippen molar-refractivity contribution in [3.63, 3.8) is 0 Å². The molecule has 0 saturated carbocycles. The lowest BCUT2D eigenvalue weighted by Crippen LogP contribution is -2.36. The molecule has 10 heteroatoms. The number of hydrogen-bond acceptors (Lipinski definition) is 6. The Morgan fingerprint density at radius 1 is 1.27 bits per heavy atom. The Morgan fingerprint density at radius 3 is 2.63 bits per heavy atom. The van der Waals surface area contributed by atoms with Crippen LogP contribution >= 0.6 is 22.7 Å². The van der Waals surface area contributed by atoms with E-state index in [1.54, 1.807) is 18.3 Å². The maximum Gasteiger partial charge on any atom is 0.320 e. The van der Waals surface area contributed by atoms with E-state index in [-0.39, 0.29) is 17.9 Å². The summed E-state index contributed by atoms with van der Waals surface area (Å²) in [6.45, 7) is 3.51. The predicted molar refractivity (Wildman–Crippen MR) is 118 cm³/mol. The first-order chi connectivity index (χ1) is 14.2. The van der Waals surface area contributed by atoms with Crippen molar-refractivity contribution < 1.29 is 19.8 Å². The number of aromatic nitrogens is 1. The number of nitrogens with one attached hydrogen (secondary N) is 2. The van der Waals surface area contributed by atoms with Crippen molar-refractivity contribution in [2.24, 2.45) is 7.05 Å². The highest BCUT2D eigenvalue weighted by atomic mass is 32.1. The Hall–Kier alpha value is -3.11. The van der Waals surface area contributed by atoms with Gasteiger partial charge in [0, 0.05) is 34.1 Å². The number of pyridine rings is 1. The second kappa shape index (κ2) is 8.72. The number of aromatic hydroxyl groups is 1. The number of amides is 2. The molecule has 0 fully saturated rings. The van der Waals surface area contributed by atoms with Gasteiger partial charge >= 0.3 is 12.0 Å². The van der Waals surface area contributed by atoms with Crippen molar-refractivity contribution in [3.05, 3.63) is 55.4 Å². The molecule has 3 aromatic heterocycles. The maximum atomic E-state index is 12.6. The first-order valence-electron chi connectivity index (χ1n) is 8.99. The van der Waals surface area contributed by atoms with Gasteiger partial charge in [0.2, 0.25) is 0 Å². The molecule has 0 spiro atoms. The zero-order chi connectivity index (χ0) is 22.0. The van der Waals surface area contributed by atoms with E-state index in [1.165, 1.54) is 29.0 Å². The lowest BCUT2D eigenvalue weighted by atomic mass is 10.1. The normalized spacial score (nSPS) is 11.8. The number of aliphatic carboxylic acids is 1. The van der Waals surface area contributed by atoms with Gasteiger partial charge in [-0.25, -0.2) is 4.79 Å². The van der Waals surface area contributed by atoms with Gasteiger partial charge < -0.3 is 25.4 Å². The number of nitrogens with zero attached hydrogens (tertiary/aromatic N) is 1. The third-order valence-electron chi connectivity index (χ3n) is 4.65. The number of hydrogen-bond donors (Lipinski definition) is 4. The van der Waals surface area contributed by atoms with Gasteiger partial charge in [0.15, 0.2) is 5.69 Å². The quantitative estimate of drug-likeness (QED) is 0.458. The number of rotatable bonds is 6. The molecule has 8 nitrogen and oxygen atoms in total. The molecule has 3 heterocycles. The first-order valence-corrected chi connectivity index (χ1v) is 10.7. The summed E-state index contributed by atoms with van der Waals surface area (Å²) in [5.41, 5.74) is 1.59. The summed E-state index contributed by atoms with van der Waals surface area (Å²) in [5.74, 6) is -1.42. The third kappa shape index (κ3) is 4.55. The Bertz CT molecular complexity index is 1150. The second-order valence-electron chi connectivity index (χ2n) is 6.83. The van der Waals surface area contributed by atoms with E-state index < -0.39 is 23.6 Å². The molecule has 0 bridgehead atoms. The van der Waals surface area contributed by atoms with E-state index >= 15 is 0 Å². The molecule has 1 unspecified atom stereocenters.